The van der Waals surface area contributed by atoms with Gasteiger partial charge in [-0.3, -0.25) is 14.5 Å². The first-order chi connectivity index (χ1) is 11.6. The summed E-state index contributed by atoms with van der Waals surface area (Å²) in [5, 5.41) is 11.8. The Hall–Kier alpha value is -2.69. The van der Waals surface area contributed by atoms with Gasteiger partial charge in [-0.05, 0) is 48.8 Å². The normalized spacial score (nSPS) is 11.7. The van der Waals surface area contributed by atoms with Gasteiger partial charge in [-0.2, -0.15) is 5.10 Å². The first-order valence-corrected chi connectivity index (χ1v) is 8.47. The summed E-state index contributed by atoms with van der Waals surface area (Å²) in [5.41, 5.74) is 1.36. The molecule has 0 bridgehead atoms. The smallest absolute Gasteiger partial charge is 0.247 e. The molecule has 1 aromatic carbocycles. The lowest BCUT2D eigenvalue weighted by molar-refractivity contribution is -0.118. The van der Waals surface area contributed by atoms with Gasteiger partial charge in [-0.25, -0.2) is 0 Å². The Kier molecular flexibility index (Phi) is 4.60. The van der Waals surface area contributed by atoms with Crippen LogP contribution < -0.4 is 5.32 Å². The standard InChI is InChI=1S/C17H14N4OS2/c1-3-12-6-4-7-13(10-12)18-16(22)11(2)21-15(19-20-17(21)23)14-8-5-9-24-14/h1,4-11H,2H3,(H,18,22)(H,20,23)/t11-/m1/s1. The third-order valence-electron chi connectivity index (χ3n) is 3.51. The first-order valence-electron chi connectivity index (χ1n) is 7.18. The minimum atomic E-state index is -0.525. The molecule has 1 atom stereocenters. The molecule has 0 aliphatic heterocycles. The average Bonchev–Trinajstić information content (AvgIpc) is 3.23. The predicted octanol–water partition coefficient (Wildman–Crippen LogP) is 3.85. The van der Waals surface area contributed by atoms with Crippen LogP contribution in [0.1, 0.15) is 18.5 Å². The number of hydrogen-bond acceptors (Lipinski definition) is 4. The number of carbonyl (C=O) groups excluding carboxylic acids is 1. The molecule has 0 aliphatic rings. The Morgan fingerprint density at radius 1 is 1.46 bits per heavy atom. The number of thiophene rings is 1. The van der Waals surface area contributed by atoms with E-state index in [1.54, 1.807) is 35.8 Å². The van der Waals surface area contributed by atoms with Crippen molar-refractivity contribution >= 4 is 35.1 Å². The van der Waals surface area contributed by atoms with E-state index < -0.39 is 6.04 Å². The molecule has 0 saturated carbocycles. The zero-order valence-corrected chi connectivity index (χ0v) is 14.4. The molecule has 0 unspecified atom stereocenters. The fourth-order valence-corrected chi connectivity index (χ4v) is 3.29. The number of H-pyrrole nitrogens is 1. The van der Waals surface area contributed by atoms with Gasteiger partial charge >= 0.3 is 0 Å². The lowest BCUT2D eigenvalue weighted by atomic mass is 10.2. The lowest BCUT2D eigenvalue weighted by Crippen LogP contribution is -2.24. The predicted molar refractivity (Wildman–Crippen MR) is 98.4 cm³/mol. The molecule has 120 valence electrons. The van der Waals surface area contributed by atoms with Gasteiger partial charge in [0.25, 0.3) is 0 Å². The van der Waals surface area contributed by atoms with Crippen molar-refractivity contribution < 1.29 is 4.79 Å². The second-order valence-corrected chi connectivity index (χ2v) is 6.42. The van der Waals surface area contributed by atoms with Gasteiger partial charge in [0.1, 0.15) is 6.04 Å². The molecule has 0 fully saturated rings. The van der Waals surface area contributed by atoms with E-state index in [1.165, 1.54) is 11.3 Å². The quantitative estimate of drug-likeness (QED) is 0.552. The highest BCUT2D eigenvalue weighted by Gasteiger charge is 2.21. The summed E-state index contributed by atoms with van der Waals surface area (Å²) in [4.78, 5) is 13.6. The van der Waals surface area contributed by atoms with Crippen molar-refractivity contribution in [3.05, 3.63) is 52.1 Å². The molecular formula is C17H14N4OS2. The Morgan fingerprint density at radius 2 is 2.29 bits per heavy atom. The average molecular weight is 354 g/mol. The van der Waals surface area contributed by atoms with Crippen LogP contribution in [-0.2, 0) is 4.79 Å². The van der Waals surface area contributed by atoms with E-state index in [0.29, 0.717) is 21.8 Å². The number of benzene rings is 1. The molecule has 7 heteroatoms. The maximum atomic E-state index is 12.6. The van der Waals surface area contributed by atoms with Crippen molar-refractivity contribution in [1.29, 1.82) is 0 Å². The van der Waals surface area contributed by atoms with Gasteiger partial charge < -0.3 is 5.32 Å². The summed E-state index contributed by atoms with van der Waals surface area (Å²) in [6, 6.07) is 10.5. The van der Waals surface area contributed by atoms with Crippen LogP contribution in [0.5, 0.6) is 0 Å². The molecule has 24 heavy (non-hydrogen) atoms. The number of terminal acetylenes is 1. The molecule has 0 aliphatic carbocycles. The Morgan fingerprint density at radius 3 is 3.00 bits per heavy atom. The zero-order valence-electron chi connectivity index (χ0n) is 12.8. The number of aromatic nitrogens is 3. The second-order valence-electron chi connectivity index (χ2n) is 5.09. The molecule has 0 saturated heterocycles. The second kappa shape index (κ2) is 6.83. The van der Waals surface area contributed by atoms with Crippen LogP contribution in [0.4, 0.5) is 5.69 Å². The number of hydrogen-bond donors (Lipinski definition) is 2. The van der Waals surface area contributed by atoms with Crippen LogP contribution in [0.2, 0.25) is 0 Å². The number of amides is 1. The molecule has 0 spiro atoms. The fraction of sp³-hybridized carbons (Fsp3) is 0.118. The molecule has 0 radical (unpaired) electrons. The van der Waals surface area contributed by atoms with E-state index in [4.69, 9.17) is 18.6 Å². The van der Waals surface area contributed by atoms with Crippen LogP contribution in [0.25, 0.3) is 10.7 Å². The van der Waals surface area contributed by atoms with Crippen molar-refractivity contribution in [3.63, 3.8) is 0 Å². The summed E-state index contributed by atoms with van der Waals surface area (Å²) < 4.78 is 2.11. The SMILES string of the molecule is C#Cc1cccc(NC(=O)[C@@H](C)n2c(-c3cccs3)n[nH]c2=S)c1. The van der Waals surface area contributed by atoms with Crippen molar-refractivity contribution in [2.24, 2.45) is 0 Å². The fourth-order valence-electron chi connectivity index (χ4n) is 2.29. The number of rotatable bonds is 4. The van der Waals surface area contributed by atoms with Crippen LogP contribution in [0.15, 0.2) is 41.8 Å². The summed E-state index contributed by atoms with van der Waals surface area (Å²) in [7, 11) is 0. The van der Waals surface area contributed by atoms with E-state index in [-0.39, 0.29) is 5.91 Å². The number of aromatic amines is 1. The largest absolute Gasteiger partial charge is 0.324 e. The number of nitrogens with zero attached hydrogens (tertiary/aromatic N) is 2. The minimum Gasteiger partial charge on any atom is -0.324 e. The van der Waals surface area contributed by atoms with Crippen molar-refractivity contribution in [3.8, 4) is 23.0 Å². The van der Waals surface area contributed by atoms with Gasteiger partial charge in [0.05, 0.1) is 4.88 Å². The maximum absolute atomic E-state index is 12.6. The summed E-state index contributed by atoms with van der Waals surface area (Å²) in [5.74, 6) is 3.00. The highest BCUT2D eigenvalue weighted by Crippen LogP contribution is 2.26. The number of anilines is 1. The summed E-state index contributed by atoms with van der Waals surface area (Å²) in [6.07, 6.45) is 5.39. The zero-order chi connectivity index (χ0) is 17.1. The third kappa shape index (κ3) is 3.15. The van der Waals surface area contributed by atoms with E-state index in [1.807, 2.05) is 17.5 Å². The van der Waals surface area contributed by atoms with Crippen molar-refractivity contribution in [2.75, 3.05) is 5.32 Å². The van der Waals surface area contributed by atoms with E-state index in [0.717, 1.165) is 4.88 Å². The van der Waals surface area contributed by atoms with Gasteiger partial charge in [0, 0.05) is 11.3 Å². The maximum Gasteiger partial charge on any atom is 0.247 e. The monoisotopic (exact) mass is 354 g/mol. The molecule has 2 heterocycles. The Balaban J connectivity index is 1.88. The first kappa shape index (κ1) is 16.2. The Labute approximate surface area is 148 Å². The molecule has 1 amide bonds. The highest BCUT2D eigenvalue weighted by atomic mass is 32.1. The molecular weight excluding hydrogens is 340 g/mol. The highest BCUT2D eigenvalue weighted by molar-refractivity contribution is 7.71. The summed E-state index contributed by atoms with van der Waals surface area (Å²) in [6.45, 7) is 1.78. The van der Waals surface area contributed by atoms with Gasteiger partial charge in [-0.15, -0.1) is 17.8 Å². The Bertz CT molecular complexity index is 963. The van der Waals surface area contributed by atoms with Crippen LogP contribution in [0.3, 0.4) is 0 Å². The van der Waals surface area contributed by atoms with Crippen molar-refractivity contribution in [2.45, 2.75) is 13.0 Å². The minimum absolute atomic E-state index is 0.195. The lowest BCUT2D eigenvalue weighted by Gasteiger charge is -2.15. The molecule has 3 aromatic rings. The van der Waals surface area contributed by atoms with Gasteiger partial charge in [0.2, 0.25) is 5.91 Å². The van der Waals surface area contributed by atoms with Crippen LogP contribution in [0, 0.1) is 17.1 Å². The van der Waals surface area contributed by atoms with Gasteiger partial charge in [0.15, 0.2) is 10.6 Å². The molecule has 5 nitrogen and oxygen atoms in total. The van der Waals surface area contributed by atoms with Crippen LogP contribution in [-0.4, -0.2) is 20.7 Å². The van der Waals surface area contributed by atoms with E-state index in [9.17, 15) is 4.79 Å². The number of carbonyl (C=O) groups is 1. The van der Waals surface area contributed by atoms with Gasteiger partial charge in [-0.1, -0.05) is 18.1 Å². The van der Waals surface area contributed by atoms with Crippen LogP contribution >= 0.6 is 23.6 Å². The molecule has 3 rings (SSSR count). The van der Waals surface area contributed by atoms with E-state index >= 15 is 0 Å². The molecule has 2 N–H and O–H groups in total. The van der Waals surface area contributed by atoms with Crippen molar-refractivity contribution in [1.82, 2.24) is 14.8 Å². The third-order valence-corrected chi connectivity index (χ3v) is 4.66. The number of nitrogens with one attached hydrogen (secondary N) is 2. The summed E-state index contributed by atoms with van der Waals surface area (Å²) >= 11 is 6.83. The topological polar surface area (TPSA) is 62.7 Å². The molecule has 2 aromatic heterocycles. The van der Waals surface area contributed by atoms with E-state index in [2.05, 4.69) is 21.4 Å².